The summed E-state index contributed by atoms with van der Waals surface area (Å²) in [6, 6.07) is 17.7. The van der Waals surface area contributed by atoms with Gasteiger partial charge in [0, 0.05) is 25.0 Å². The van der Waals surface area contributed by atoms with Gasteiger partial charge < -0.3 is 9.64 Å². The van der Waals surface area contributed by atoms with E-state index in [1.54, 1.807) is 0 Å². The zero-order valence-corrected chi connectivity index (χ0v) is 18.4. The van der Waals surface area contributed by atoms with Crippen molar-refractivity contribution < 1.29 is 4.74 Å². The van der Waals surface area contributed by atoms with E-state index in [1.165, 1.54) is 68.4 Å². The van der Waals surface area contributed by atoms with Crippen LogP contribution >= 0.6 is 0 Å². The van der Waals surface area contributed by atoms with E-state index < -0.39 is 0 Å². The van der Waals surface area contributed by atoms with E-state index in [0.717, 1.165) is 37.4 Å². The molecule has 0 N–H and O–H groups in total. The number of likely N-dealkylation sites (tertiary alicyclic amines) is 1. The number of nitriles is 1. The predicted molar refractivity (Wildman–Crippen MR) is 123 cm³/mol. The maximum atomic E-state index is 9.14. The van der Waals surface area contributed by atoms with E-state index >= 15 is 0 Å². The van der Waals surface area contributed by atoms with E-state index in [2.05, 4.69) is 46.2 Å². The van der Waals surface area contributed by atoms with Crippen LogP contribution in [0.2, 0.25) is 0 Å². The second-order valence-corrected chi connectivity index (χ2v) is 9.33. The van der Waals surface area contributed by atoms with Crippen LogP contribution in [0.1, 0.15) is 72.7 Å². The third-order valence-electron chi connectivity index (χ3n) is 7.35. The highest BCUT2D eigenvalue weighted by atomic mass is 16.5. The summed E-state index contributed by atoms with van der Waals surface area (Å²) in [5, 5.41) is 9.14. The molecule has 0 amide bonds. The fraction of sp³-hybridized carbons (Fsp3) is 0.519. The Bertz CT molecular complexity index is 926. The monoisotopic (exact) mass is 415 g/mol. The van der Waals surface area contributed by atoms with E-state index in [-0.39, 0.29) is 0 Å². The molecular formula is C27H33N3O. The molecule has 2 atom stereocenters. The number of ether oxygens (including phenoxy) is 1. The molecule has 0 aromatic heterocycles. The summed E-state index contributed by atoms with van der Waals surface area (Å²) >= 11 is 0. The lowest BCUT2D eigenvalue weighted by Crippen LogP contribution is -2.34. The summed E-state index contributed by atoms with van der Waals surface area (Å²) in [5.41, 5.74) is 4.92. The van der Waals surface area contributed by atoms with Crippen LogP contribution < -0.4 is 4.74 Å². The van der Waals surface area contributed by atoms with Crippen molar-refractivity contribution in [1.82, 2.24) is 9.80 Å². The predicted octanol–water partition coefficient (Wildman–Crippen LogP) is 5.10. The molecule has 3 aliphatic heterocycles. The Labute approximate surface area is 186 Å². The molecule has 0 radical (unpaired) electrons. The molecule has 3 heterocycles. The fourth-order valence-electron chi connectivity index (χ4n) is 5.71. The molecule has 0 spiro atoms. The van der Waals surface area contributed by atoms with Gasteiger partial charge in [-0.3, -0.25) is 4.90 Å². The van der Waals surface area contributed by atoms with Crippen molar-refractivity contribution in [3.63, 3.8) is 0 Å². The Morgan fingerprint density at radius 3 is 2.58 bits per heavy atom. The molecule has 0 unspecified atom stereocenters. The minimum Gasteiger partial charge on any atom is -0.494 e. The number of hydrogen-bond acceptors (Lipinski definition) is 4. The Morgan fingerprint density at radius 2 is 1.77 bits per heavy atom. The molecule has 2 fully saturated rings. The third kappa shape index (κ3) is 4.49. The normalized spacial score (nSPS) is 23.7. The number of fused-ring (bicyclic) bond motifs is 3. The van der Waals surface area contributed by atoms with Gasteiger partial charge in [-0.15, -0.1) is 0 Å². The summed E-state index contributed by atoms with van der Waals surface area (Å²) in [6.45, 7) is 6.71. The number of hydrogen-bond donors (Lipinski definition) is 0. The van der Waals surface area contributed by atoms with E-state index in [0.29, 0.717) is 12.0 Å². The largest absolute Gasteiger partial charge is 0.494 e. The van der Waals surface area contributed by atoms with E-state index in [1.807, 2.05) is 12.1 Å². The fourth-order valence-corrected chi connectivity index (χ4v) is 5.71. The molecule has 162 valence electrons. The van der Waals surface area contributed by atoms with Crippen LogP contribution in [0, 0.1) is 11.3 Å². The van der Waals surface area contributed by atoms with Crippen molar-refractivity contribution in [3.8, 4) is 11.8 Å². The van der Waals surface area contributed by atoms with Crippen LogP contribution in [0.5, 0.6) is 5.75 Å². The molecule has 0 saturated carbocycles. The van der Waals surface area contributed by atoms with Crippen molar-refractivity contribution in [2.45, 2.75) is 50.5 Å². The van der Waals surface area contributed by atoms with Crippen molar-refractivity contribution in [1.29, 1.82) is 5.26 Å². The molecule has 4 nitrogen and oxygen atoms in total. The second-order valence-electron chi connectivity index (χ2n) is 9.33. The third-order valence-corrected chi connectivity index (χ3v) is 7.35. The first-order valence-corrected chi connectivity index (χ1v) is 12.0. The zero-order valence-electron chi connectivity index (χ0n) is 18.4. The smallest absolute Gasteiger partial charge is 0.119 e. The summed E-state index contributed by atoms with van der Waals surface area (Å²) in [6.07, 6.45) is 7.70. The number of rotatable bonds is 6. The molecule has 4 heteroatoms. The summed E-state index contributed by atoms with van der Waals surface area (Å²) in [4.78, 5) is 5.23. The first kappa shape index (κ1) is 20.5. The summed E-state index contributed by atoms with van der Waals surface area (Å²) in [7, 11) is 0. The van der Waals surface area contributed by atoms with Gasteiger partial charge in [0.15, 0.2) is 0 Å². The van der Waals surface area contributed by atoms with Crippen LogP contribution in [0.15, 0.2) is 42.5 Å². The minimum atomic E-state index is 0.366. The molecule has 2 saturated heterocycles. The van der Waals surface area contributed by atoms with Gasteiger partial charge in [0.25, 0.3) is 0 Å². The first-order valence-electron chi connectivity index (χ1n) is 12.0. The lowest BCUT2D eigenvalue weighted by atomic mass is 9.81. The van der Waals surface area contributed by atoms with Crippen LogP contribution in [0.3, 0.4) is 0 Å². The number of benzene rings is 2. The van der Waals surface area contributed by atoms with Gasteiger partial charge in [0.05, 0.1) is 18.2 Å². The lowest BCUT2D eigenvalue weighted by molar-refractivity contribution is 0.204. The second kappa shape index (κ2) is 9.42. The first-order chi connectivity index (χ1) is 15.3. The molecule has 31 heavy (non-hydrogen) atoms. The highest BCUT2D eigenvalue weighted by Gasteiger charge is 2.36. The SMILES string of the molecule is N#Cc1ccc([C@H]2CN3CCC[C@H]3c3cc(OCCCN4CCCCC4)ccc32)cc1. The summed E-state index contributed by atoms with van der Waals surface area (Å²) in [5.74, 6) is 1.38. The standard InChI is InChI=1S/C27H33N3O/c28-19-21-7-9-22(10-8-21)26-20-30-16-4-6-27(30)25-18-23(11-12-24(25)26)31-17-5-15-29-13-2-1-3-14-29/h7-12,18,26-27H,1-6,13-17,20H2/t26-,27+/m1/s1. The molecule has 2 aromatic carbocycles. The van der Waals surface area contributed by atoms with Crippen molar-refractivity contribution in [3.05, 3.63) is 64.7 Å². The van der Waals surface area contributed by atoms with E-state index in [9.17, 15) is 0 Å². The summed E-state index contributed by atoms with van der Waals surface area (Å²) < 4.78 is 6.20. The number of nitrogens with zero attached hydrogens (tertiary/aromatic N) is 3. The van der Waals surface area contributed by atoms with Crippen LogP contribution in [-0.4, -0.2) is 49.1 Å². The van der Waals surface area contributed by atoms with E-state index in [4.69, 9.17) is 10.00 Å². The quantitative estimate of drug-likeness (QED) is 0.616. The Kier molecular flexibility index (Phi) is 6.25. The van der Waals surface area contributed by atoms with Crippen molar-refractivity contribution in [2.24, 2.45) is 0 Å². The molecule has 3 aliphatic rings. The maximum absolute atomic E-state index is 9.14. The Hall–Kier alpha value is -2.35. The highest BCUT2D eigenvalue weighted by molar-refractivity contribution is 5.47. The average molecular weight is 416 g/mol. The van der Waals surface area contributed by atoms with Gasteiger partial charge in [-0.2, -0.15) is 5.26 Å². The van der Waals surface area contributed by atoms with Crippen LogP contribution in [0.4, 0.5) is 0 Å². The maximum Gasteiger partial charge on any atom is 0.119 e. The van der Waals surface area contributed by atoms with Crippen molar-refractivity contribution in [2.75, 3.05) is 39.3 Å². The molecule has 2 aromatic rings. The Morgan fingerprint density at radius 1 is 0.935 bits per heavy atom. The molecule has 5 rings (SSSR count). The Balaban J connectivity index is 1.30. The van der Waals surface area contributed by atoms with Crippen molar-refractivity contribution >= 4 is 0 Å². The van der Waals surface area contributed by atoms with Gasteiger partial charge in [-0.05, 0) is 92.7 Å². The number of piperidine rings is 1. The molecule has 0 bridgehead atoms. The highest BCUT2D eigenvalue weighted by Crippen LogP contribution is 2.45. The van der Waals surface area contributed by atoms with Gasteiger partial charge in [0.1, 0.15) is 5.75 Å². The topological polar surface area (TPSA) is 39.5 Å². The average Bonchev–Trinajstić information content (AvgIpc) is 3.31. The van der Waals surface area contributed by atoms with Gasteiger partial charge in [0.2, 0.25) is 0 Å². The molecule has 0 aliphatic carbocycles. The minimum absolute atomic E-state index is 0.366. The van der Waals surface area contributed by atoms with Gasteiger partial charge >= 0.3 is 0 Å². The molecular weight excluding hydrogens is 382 g/mol. The van der Waals surface area contributed by atoms with Crippen LogP contribution in [-0.2, 0) is 0 Å². The van der Waals surface area contributed by atoms with Crippen LogP contribution in [0.25, 0.3) is 0 Å². The zero-order chi connectivity index (χ0) is 21.0. The van der Waals surface area contributed by atoms with Gasteiger partial charge in [-0.25, -0.2) is 0 Å². The lowest BCUT2D eigenvalue weighted by Gasteiger charge is -2.37. The van der Waals surface area contributed by atoms with Gasteiger partial charge in [-0.1, -0.05) is 24.6 Å².